The SMILES string of the molecule is [2H]C([2H])=C1CCC(O)CC1=C([2H])C=C1CCC[C@@]2(C)C1CCC2C(C)CCCC(C)C. The van der Waals surface area contributed by atoms with Crippen molar-refractivity contribution in [2.24, 2.45) is 29.1 Å². The van der Waals surface area contributed by atoms with Gasteiger partial charge in [-0.2, -0.15) is 0 Å². The quantitative estimate of drug-likeness (QED) is 0.497. The molecule has 0 amide bonds. The molecule has 0 saturated heterocycles. The molecule has 5 atom stereocenters. The Labute approximate surface area is 178 Å². The number of allylic oxidation sites excluding steroid dienone is 4. The number of hydrogen-bond donors (Lipinski definition) is 1. The Morgan fingerprint density at radius 2 is 2.07 bits per heavy atom. The molecule has 0 aliphatic heterocycles. The van der Waals surface area contributed by atoms with Gasteiger partial charge in [-0.05, 0) is 86.0 Å². The molecule has 158 valence electrons. The monoisotopic (exact) mass is 387 g/mol. The highest BCUT2D eigenvalue weighted by Crippen LogP contribution is 2.59. The summed E-state index contributed by atoms with van der Waals surface area (Å²) in [5.74, 6) is 2.89. The second-order valence-corrected chi connectivity index (χ2v) is 10.6. The number of rotatable bonds is 6. The van der Waals surface area contributed by atoms with Gasteiger partial charge in [0.05, 0.1) is 10.2 Å². The zero-order chi connectivity index (χ0) is 22.8. The molecule has 28 heavy (non-hydrogen) atoms. The Morgan fingerprint density at radius 1 is 1.25 bits per heavy atom. The van der Waals surface area contributed by atoms with E-state index in [2.05, 4.69) is 33.8 Å². The average Bonchev–Trinajstić information content (AvgIpc) is 3.05. The Bertz CT molecular complexity index is 731. The lowest BCUT2D eigenvalue weighted by Gasteiger charge is -2.44. The van der Waals surface area contributed by atoms with E-state index in [0.717, 1.165) is 29.7 Å². The third kappa shape index (κ3) is 4.84. The van der Waals surface area contributed by atoms with Crippen LogP contribution in [-0.2, 0) is 0 Å². The van der Waals surface area contributed by atoms with Crippen LogP contribution in [0, 0.1) is 29.1 Å². The van der Waals surface area contributed by atoms with Crippen molar-refractivity contribution in [3.63, 3.8) is 0 Å². The molecule has 3 fully saturated rings. The molecule has 1 nitrogen and oxygen atoms in total. The first-order valence-electron chi connectivity index (χ1n) is 13.4. The fourth-order valence-corrected chi connectivity index (χ4v) is 6.49. The Morgan fingerprint density at radius 3 is 2.82 bits per heavy atom. The number of fused-ring (bicyclic) bond motifs is 1. The maximum atomic E-state index is 10.1. The zero-order valence-electron chi connectivity index (χ0n) is 21.7. The minimum absolute atomic E-state index is 0.185. The fourth-order valence-electron chi connectivity index (χ4n) is 6.49. The number of aliphatic hydroxyl groups is 1. The summed E-state index contributed by atoms with van der Waals surface area (Å²) >= 11 is 0. The summed E-state index contributed by atoms with van der Waals surface area (Å²) in [6.07, 6.45) is 13.3. The highest BCUT2D eigenvalue weighted by Gasteiger charge is 2.50. The van der Waals surface area contributed by atoms with Crippen LogP contribution in [0.4, 0.5) is 0 Å². The van der Waals surface area contributed by atoms with Gasteiger partial charge in [-0.1, -0.05) is 76.8 Å². The lowest BCUT2D eigenvalue weighted by molar-refractivity contribution is 0.0929. The molecular formula is C27H44O. The van der Waals surface area contributed by atoms with Crippen LogP contribution >= 0.6 is 0 Å². The van der Waals surface area contributed by atoms with Gasteiger partial charge in [0.1, 0.15) is 0 Å². The number of aliphatic hydroxyl groups excluding tert-OH is 1. The first-order valence-corrected chi connectivity index (χ1v) is 11.9. The van der Waals surface area contributed by atoms with Gasteiger partial charge in [0.2, 0.25) is 0 Å². The van der Waals surface area contributed by atoms with E-state index < -0.39 is 6.10 Å². The van der Waals surface area contributed by atoms with Gasteiger partial charge >= 0.3 is 0 Å². The van der Waals surface area contributed by atoms with E-state index >= 15 is 0 Å². The van der Waals surface area contributed by atoms with Gasteiger partial charge in [0.25, 0.3) is 0 Å². The van der Waals surface area contributed by atoms with E-state index in [0.29, 0.717) is 42.2 Å². The molecule has 0 radical (unpaired) electrons. The molecule has 0 spiro atoms. The third-order valence-electron chi connectivity index (χ3n) is 8.13. The topological polar surface area (TPSA) is 20.2 Å². The van der Waals surface area contributed by atoms with Gasteiger partial charge in [0, 0.05) is 0 Å². The highest BCUT2D eigenvalue weighted by atomic mass is 16.3. The van der Waals surface area contributed by atoms with Gasteiger partial charge in [-0.25, -0.2) is 0 Å². The summed E-state index contributed by atoms with van der Waals surface area (Å²) < 4.78 is 24.4. The standard InChI is InChI=1S/C27H44O/c1-19(2)8-6-9-21(4)25-15-16-26-22(10-7-17-27(25,26)5)12-13-23-18-24(28)14-11-20(23)3/h12-13,19,21,24-26,28H,3,6-11,14-18H2,1-2,4-5H3/t21?,24?,25?,26?,27-/m1/s1/i3D2,13D. The van der Waals surface area contributed by atoms with Crippen molar-refractivity contribution < 1.29 is 9.22 Å². The first kappa shape index (κ1) is 18.0. The Balaban J connectivity index is 1.81. The van der Waals surface area contributed by atoms with Crippen LogP contribution in [0.15, 0.2) is 35.4 Å². The second kappa shape index (κ2) is 9.33. The Kier molecular flexibility index (Phi) is 5.99. The number of hydrogen-bond acceptors (Lipinski definition) is 1. The summed E-state index contributed by atoms with van der Waals surface area (Å²) in [5, 5.41) is 10.1. The van der Waals surface area contributed by atoms with E-state index in [4.69, 9.17) is 4.11 Å². The molecule has 3 aliphatic rings. The summed E-state index contributed by atoms with van der Waals surface area (Å²) in [6.45, 7) is 9.44. The summed E-state index contributed by atoms with van der Waals surface area (Å²) in [6, 6.07) is 0.443. The molecule has 3 rings (SSSR count). The molecule has 1 heteroatoms. The maximum absolute atomic E-state index is 10.1. The summed E-state index contributed by atoms with van der Waals surface area (Å²) in [5.41, 5.74) is 3.15. The van der Waals surface area contributed by atoms with E-state index in [-0.39, 0.29) is 6.53 Å². The minimum Gasteiger partial charge on any atom is -0.393 e. The van der Waals surface area contributed by atoms with Crippen molar-refractivity contribution in [2.75, 3.05) is 0 Å². The highest BCUT2D eigenvalue weighted by molar-refractivity contribution is 5.36. The first-order chi connectivity index (χ1) is 14.6. The van der Waals surface area contributed by atoms with Gasteiger partial charge in [-0.3, -0.25) is 0 Å². The van der Waals surface area contributed by atoms with Crippen LogP contribution in [0.3, 0.4) is 0 Å². The molecule has 3 saturated carbocycles. The van der Waals surface area contributed by atoms with E-state index in [1.165, 1.54) is 50.5 Å². The van der Waals surface area contributed by atoms with Crippen LogP contribution in [0.2, 0.25) is 0 Å². The van der Waals surface area contributed by atoms with Crippen LogP contribution in [0.25, 0.3) is 0 Å². The third-order valence-corrected chi connectivity index (χ3v) is 8.13. The van der Waals surface area contributed by atoms with Crippen molar-refractivity contribution in [1.82, 2.24) is 0 Å². The lowest BCUT2D eigenvalue weighted by atomic mass is 9.60. The molecule has 3 aliphatic carbocycles. The van der Waals surface area contributed by atoms with Crippen molar-refractivity contribution in [3.8, 4) is 0 Å². The Hall–Kier alpha value is -0.820. The molecule has 4 unspecified atom stereocenters. The summed E-state index contributed by atoms with van der Waals surface area (Å²) in [4.78, 5) is 0. The molecule has 0 aromatic carbocycles. The van der Waals surface area contributed by atoms with Crippen molar-refractivity contribution in [2.45, 2.75) is 104 Å². The molecule has 0 heterocycles. The van der Waals surface area contributed by atoms with Crippen molar-refractivity contribution in [3.05, 3.63) is 35.4 Å². The van der Waals surface area contributed by atoms with Crippen LogP contribution in [0.5, 0.6) is 0 Å². The molecule has 1 N–H and O–H groups in total. The van der Waals surface area contributed by atoms with Crippen molar-refractivity contribution >= 4 is 0 Å². The average molecular weight is 388 g/mol. The van der Waals surface area contributed by atoms with Crippen LogP contribution in [0.1, 0.15) is 102 Å². The zero-order valence-corrected chi connectivity index (χ0v) is 18.7. The van der Waals surface area contributed by atoms with Crippen LogP contribution < -0.4 is 0 Å². The maximum Gasteiger partial charge on any atom is 0.0626 e. The largest absolute Gasteiger partial charge is 0.393 e. The van der Waals surface area contributed by atoms with Gasteiger partial charge < -0.3 is 5.11 Å². The van der Waals surface area contributed by atoms with Crippen molar-refractivity contribution in [1.29, 1.82) is 0 Å². The van der Waals surface area contributed by atoms with E-state index in [1.54, 1.807) is 0 Å². The van der Waals surface area contributed by atoms with Gasteiger partial charge in [-0.15, -0.1) is 0 Å². The minimum atomic E-state index is -0.448. The second-order valence-electron chi connectivity index (χ2n) is 10.6. The molecule has 0 aromatic rings. The smallest absolute Gasteiger partial charge is 0.0626 e. The molecular weight excluding hydrogens is 340 g/mol. The molecule has 0 bridgehead atoms. The predicted octanol–water partition coefficient (Wildman–Crippen LogP) is 7.62. The van der Waals surface area contributed by atoms with Gasteiger partial charge in [0.15, 0.2) is 0 Å². The fraction of sp³-hybridized carbons (Fsp3) is 0.778. The normalized spacial score (nSPS) is 39.4. The summed E-state index contributed by atoms with van der Waals surface area (Å²) in [7, 11) is 0. The predicted molar refractivity (Wildman–Crippen MR) is 121 cm³/mol. The van der Waals surface area contributed by atoms with Crippen LogP contribution in [-0.4, -0.2) is 11.2 Å². The van der Waals surface area contributed by atoms with E-state index in [1.807, 2.05) is 0 Å². The lowest BCUT2D eigenvalue weighted by Crippen LogP contribution is -2.36. The van der Waals surface area contributed by atoms with E-state index in [9.17, 15) is 5.11 Å². The molecule has 0 aromatic heterocycles.